The first-order chi connectivity index (χ1) is 12.6. The molecule has 2 aromatic rings. The van der Waals surface area contributed by atoms with E-state index in [1.54, 1.807) is 4.88 Å². The second-order valence-corrected chi connectivity index (χ2v) is 8.56. The first-order valence-electron chi connectivity index (χ1n) is 9.48. The standard InChI is InChI=1S/C21H27N3OS/c1-22(2)19-5-3-4-16(14-19)21(25)23-10-6-18(7-11-23)24-12-8-20-17(15-24)9-13-26-20/h3-5,9,13-14,18H,6-8,10-12,15H2,1-2H3. The summed E-state index contributed by atoms with van der Waals surface area (Å²) in [6, 6.07) is 10.8. The van der Waals surface area contributed by atoms with Crippen molar-refractivity contribution >= 4 is 22.9 Å². The molecule has 3 heterocycles. The largest absolute Gasteiger partial charge is 0.378 e. The maximum Gasteiger partial charge on any atom is 0.253 e. The van der Waals surface area contributed by atoms with Gasteiger partial charge in [-0.05, 0) is 54.5 Å². The lowest BCUT2D eigenvalue weighted by Gasteiger charge is -2.40. The molecule has 1 saturated heterocycles. The highest BCUT2D eigenvalue weighted by molar-refractivity contribution is 7.10. The van der Waals surface area contributed by atoms with Crippen LogP contribution in [-0.2, 0) is 13.0 Å². The number of hydrogen-bond donors (Lipinski definition) is 0. The van der Waals surface area contributed by atoms with Crippen molar-refractivity contribution in [1.29, 1.82) is 0 Å². The van der Waals surface area contributed by atoms with E-state index in [0.717, 1.165) is 50.3 Å². The third-order valence-corrected chi connectivity index (χ3v) is 6.74. The highest BCUT2D eigenvalue weighted by atomic mass is 32.1. The highest BCUT2D eigenvalue weighted by Gasteiger charge is 2.29. The molecule has 4 nitrogen and oxygen atoms in total. The molecule has 26 heavy (non-hydrogen) atoms. The van der Waals surface area contributed by atoms with E-state index in [9.17, 15) is 4.79 Å². The number of carbonyl (C=O) groups excluding carboxylic acids is 1. The Morgan fingerprint density at radius 2 is 1.96 bits per heavy atom. The molecule has 1 aromatic heterocycles. The second-order valence-electron chi connectivity index (χ2n) is 7.56. The van der Waals surface area contributed by atoms with Gasteiger partial charge in [-0.25, -0.2) is 0 Å². The minimum absolute atomic E-state index is 0.172. The third kappa shape index (κ3) is 3.51. The van der Waals surface area contributed by atoms with Crippen molar-refractivity contribution < 1.29 is 4.79 Å². The van der Waals surface area contributed by atoms with Gasteiger partial charge >= 0.3 is 0 Å². The van der Waals surface area contributed by atoms with Crippen molar-refractivity contribution in [3.63, 3.8) is 0 Å². The Balaban J connectivity index is 1.36. The lowest BCUT2D eigenvalue weighted by atomic mass is 9.99. The zero-order valence-corrected chi connectivity index (χ0v) is 16.5. The molecule has 0 spiro atoms. The Hall–Kier alpha value is -1.85. The fraction of sp³-hybridized carbons (Fsp3) is 0.476. The summed E-state index contributed by atoms with van der Waals surface area (Å²) in [6.07, 6.45) is 3.35. The maximum absolute atomic E-state index is 12.9. The summed E-state index contributed by atoms with van der Waals surface area (Å²) in [5, 5.41) is 2.22. The predicted octanol–water partition coefficient (Wildman–Crippen LogP) is 3.48. The summed E-state index contributed by atoms with van der Waals surface area (Å²) in [7, 11) is 4.01. The molecule has 0 N–H and O–H groups in total. The van der Waals surface area contributed by atoms with Crippen LogP contribution in [0.25, 0.3) is 0 Å². The van der Waals surface area contributed by atoms with Crippen LogP contribution in [0.4, 0.5) is 5.69 Å². The molecule has 0 radical (unpaired) electrons. The van der Waals surface area contributed by atoms with Crippen molar-refractivity contribution in [3.05, 3.63) is 51.7 Å². The van der Waals surface area contributed by atoms with Crippen LogP contribution in [0.2, 0.25) is 0 Å². The van der Waals surface area contributed by atoms with Crippen molar-refractivity contribution in [3.8, 4) is 0 Å². The highest BCUT2D eigenvalue weighted by Crippen LogP contribution is 2.28. The number of piperidine rings is 1. The number of nitrogens with zero attached hydrogens (tertiary/aromatic N) is 3. The van der Waals surface area contributed by atoms with Gasteiger partial charge in [0, 0.05) is 62.4 Å². The van der Waals surface area contributed by atoms with Crippen molar-refractivity contribution in [2.75, 3.05) is 38.6 Å². The van der Waals surface area contributed by atoms with E-state index in [0.29, 0.717) is 6.04 Å². The molecule has 2 aliphatic heterocycles. The van der Waals surface area contributed by atoms with E-state index in [4.69, 9.17) is 0 Å². The number of carbonyl (C=O) groups is 1. The van der Waals surface area contributed by atoms with Crippen molar-refractivity contribution in [2.24, 2.45) is 0 Å². The zero-order chi connectivity index (χ0) is 18.1. The van der Waals surface area contributed by atoms with E-state index in [1.165, 1.54) is 12.0 Å². The van der Waals surface area contributed by atoms with E-state index < -0.39 is 0 Å². The van der Waals surface area contributed by atoms with E-state index in [-0.39, 0.29) is 5.91 Å². The SMILES string of the molecule is CN(C)c1cccc(C(=O)N2CCC(N3CCc4sccc4C3)CC2)c1. The number of fused-ring (bicyclic) bond motifs is 1. The number of rotatable bonds is 3. The summed E-state index contributed by atoms with van der Waals surface area (Å²) in [6.45, 7) is 3.98. The zero-order valence-electron chi connectivity index (χ0n) is 15.6. The summed E-state index contributed by atoms with van der Waals surface area (Å²) in [5.74, 6) is 0.172. The van der Waals surface area contributed by atoms with Crippen LogP contribution in [-0.4, -0.2) is 55.5 Å². The fourth-order valence-corrected chi connectivity index (χ4v) is 5.01. The van der Waals surface area contributed by atoms with Gasteiger partial charge in [0.05, 0.1) is 0 Å². The van der Waals surface area contributed by atoms with Gasteiger partial charge in [0.1, 0.15) is 0 Å². The molecule has 1 amide bonds. The van der Waals surface area contributed by atoms with E-state index in [2.05, 4.69) is 16.3 Å². The molecular formula is C21H27N3OS. The number of benzene rings is 1. The van der Waals surface area contributed by atoms with Gasteiger partial charge in [0.25, 0.3) is 5.91 Å². The Bertz CT molecular complexity index is 777. The third-order valence-electron chi connectivity index (χ3n) is 5.71. The summed E-state index contributed by atoms with van der Waals surface area (Å²) < 4.78 is 0. The van der Waals surface area contributed by atoms with Crippen molar-refractivity contribution in [1.82, 2.24) is 9.80 Å². The van der Waals surface area contributed by atoms with E-state index in [1.807, 2.05) is 59.5 Å². The number of likely N-dealkylation sites (tertiary alicyclic amines) is 1. The van der Waals surface area contributed by atoms with E-state index >= 15 is 0 Å². The molecule has 1 fully saturated rings. The first kappa shape index (κ1) is 17.6. The summed E-state index contributed by atoms with van der Waals surface area (Å²) in [5.41, 5.74) is 3.39. The minimum Gasteiger partial charge on any atom is -0.378 e. The minimum atomic E-state index is 0.172. The van der Waals surface area contributed by atoms with Gasteiger partial charge < -0.3 is 9.80 Å². The summed E-state index contributed by atoms with van der Waals surface area (Å²) in [4.78, 5) is 21.1. The molecule has 5 heteroatoms. The van der Waals surface area contributed by atoms with Crippen LogP contribution in [0.1, 0.15) is 33.6 Å². The van der Waals surface area contributed by atoms with Gasteiger partial charge in [-0.15, -0.1) is 11.3 Å². The number of amides is 1. The van der Waals surface area contributed by atoms with Crippen LogP contribution in [0.15, 0.2) is 35.7 Å². The number of hydrogen-bond acceptors (Lipinski definition) is 4. The average molecular weight is 370 g/mol. The maximum atomic E-state index is 12.9. The molecule has 138 valence electrons. The molecule has 1 aromatic carbocycles. The Kier molecular flexibility index (Phi) is 5.00. The lowest BCUT2D eigenvalue weighted by Crippen LogP contribution is -2.47. The Labute approximate surface area is 160 Å². The first-order valence-corrected chi connectivity index (χ1v) is 10.4. The topological polar surface area (TPSA) is 26.8 Å². The monoisotopic (exact) mass is 369 g/mol. The molecule has 4 rings (SSSR count). The van der Waals surface area contributed by atoms with Crippen LogP contribution in [0.3, 0.4) is 0 Å². The molecule has 0 aliphatic carbocycles. The van der Waals surface area contributed by atoms with Gasteiger partial charge in [0.2, 0.25) is 0 Å². The summed E-state index contributed by atoms with van der Waals surface area (Å²) >= 11 is 1.90. The molecule has 2 aliphatic rings. The smallest absolute Gasteiger partial charge is 0.253 e. The lowest BCUT2D eigenvalue weighted by molar-refractivity contribution is 0.0600. The Morgan fingerprint density at radius 3 is 2.73 bits per heavy atom. The van der Waals surface area contributed by atoms with Crippen LogP contribution in [0, 0.1) is 0 Å². The number of thiophene rings is 1. The number of anilines is 1. The fourth-order valence-electron chi connectivity index (χ4n) is 4.12. The van der Waals surface area contributed by atoms with Crippen LogP contribution < -0.4 is 4.90 Å². The average Bonchev–Trinajstić information content (AvgIpc) is 3.15. The normalized spacial score (nSPS) is 18.6. The van der Waals surface area contributed by atoms with Gasteiger partial charge in [-0.2, -0.15) is 0 Å². The molecule has 0 bridgehead atoms. The molecule has 0 saturated carbocycles. The quantitative estimate of drug-likeness (QED) is 0.829. The predicted molar refractivity (Wildman–Crippen MR) is 108 cm³/mol. The Morgan fingerprint density at radius 1 is 1.15 bits per heavy atom. The van der Waals surface area contributed by atoms with Crippen LogP contribution >= 0.6 is 11.3 Å². The van der Waals surface area contributed by atoms with Crippen molar-refractivity contribution in [2.45, 2.75) is 31.8 Å². The van der Waals surface area contributed by atoms with Crippen LogP contribution in [0.5, 0.6) is 0 Å². The van der Waals surface area contributed by atoms with Gasteiger partial charge in [0.15, 0.2) is 0 Å². The molecule has 0 atom stereocenters. The molecular weight excluding hydrogens is 342 g/mol. The van der Waals surface area contributed by atoms with Gasteiger partial charge in [-0.3, -0.25) is 9.69 Å². The second kappa shape index (κ2) is 7.41. The molecule has 0 unspecified atom stereocenters. The van der Waals surface area contributed by atoms with Gasteiger partial charge in [-0.1, -0.05) is 6.07 Å².